The molecule has 0 fully saturated rings. The fraction of sp³-hybridized carbons (Fsp3) is 0.412. The highest BCUT2D eigenvalue weighted by Gasteiger charge is 2.16. The molecule has 0 aliphatic rings. The zero-order chi connectivity index (χ0) is 16.1. The van der Waals surface area contributed by atoms with Crippen LogP contribution in [0, 0.1) is 13.8 Å². The van der Waals surface area contributed by atoms with Crippen molar-refractivity contribution in [3.05, 3.63) is 47.3 Å². The maximum Gasteiger partial charge on any atom is 0.221 e. The molecule has 0 saturated heterocycles. The highest BCUT2D eigenvalue weighted by Crippen LogP contribution is 2.22. The Hall–Kier alpha value is -1.75. The van der Waals surface area contributed by atoms with Gasteiger partial charge in [-0.3, -0.25) is 4.79 Å². The van der Waals surface area contributed by atoms with E-state index in [-0.39, 0.29) is 11.9 Å². The molecule has 4 nitrogen and oxygen atoms in total. The predicted octanol–water partition coefficient (Wildman–Crippen LogP) is 3.42. The minimum absolute atomic E-state index is 0.0351. The quantitative estimate of drug-likeness (QED) is 0.888. The van der Waals surface area contributed by atoms with Crippen molar-refractivity contribution < 1.29 is 4.79 Å². The first-order valence-electron chi connectivity index (χ1n) is 7.43. The third kappa shape index (κ3) is 3.71. The smallest absolute Gasteiger partial charge is 0.221 e. The topological polar surface area (TPSA) is 46.9 Å². The molecule has 0 aliphatic heterocycles. The zero-order valence-electron chi connectivity index (χ0n) is 13.6. The summed E-state index contributed by atoms with van der Waals surface area (Å²) in [6.45, 7) is 6.12. The van der Waals surface area contributed by atoms with Crippen LogP contribution in [0.2, 0.25) is 0 Å². The van der Waals surface area contributed by atoms with E-state index in [2.05, 4.69) is 29.5 Å². The van der Waals surface area contributed by atoms with Crippen molar-refractivity contribution in [1.82, 2.24) is 15.1 Å². The molecule has 0 aliphatic carbocycles. The summed E-state index contributed by atoms with van der Waals surface area (Å²) < 4.78 is 1.94. The summed E-state index contributed by atoms with van der Waals surface area (Å²) in [5.74, 6) is 0.935. The fourth-order valence-corrected chi connectivity index (χ4v) is 2.87. The van der Waals surface area contributed by atoms with Crippen LogP contribution in [-0.4, -0.2) is 27.7 Å². The Kier molecular flexibility index (Phi) is 5.66. The van der Waals surface area contributed by atoms with E-state index in [4.69, 9.17) is 0 Å². The third-order valence-corrected chi connectivity index (χ3v) is 4.38. The van der Waals surface area contributed by atoms with Crippen molar-refractivity contribution in [3.8, 4) is 5.69 Å². The van der Waals surface area contributed by atoms with Crippen molar-refractivity contribution in [2.24, 2.45) is 0 Å². The highest BCUT2D eigenvalue weighted by molar-refractivity contribution is 7.98. The second-order valence-corrected chi connectivity index (χ2v) is 6.40. The lowest BCUT2D eigenvalue weighted by Gasteiger charge is -2.14. The number of hydrogen-bond acceptors (Lipinski definition) is 3. The van der Waals surface area contributed by atoms with Gasteiger partial charge in [-0.25, -0.2) is 4.68 Å². The number of para-hydroxylation sites is 1. The first-order chi connectivity index (χ1) is 10.5. The minimum Gasteiger partial charge on any atom is -0.349 e. The molecule has 22 heavy (non-hydrogen) atoms. The van der Waals surface area contributed by atoms with Crippen LogP contribution >= 0.6 is 11.8 Å². The maximum atomic E-state index is 11.9. The van der Waals surface area contributed by atoms with Crippen LogP contribution in [0.4, 0.5) is 0 Å². The summed E-state index contributed by atoms with van der Waals surface area (Å²) in [4.78, 5) is 11.9. The molecule has 0 saturated carbocycles. The standard InChI is InChI=1S/C17H23N3OS/c1-12-7-5-6-8-16(12)20-14(3)15(11-18-20)13(2)19-17(21)9-10-22-4/h5-8,11,13H,9-10H2,1-4H3,(H,19,21)/t13-/m1/s1. The molecule has 1 amide bonds. The Morgan fingerprint density at radius 1 is 1.36 bits per heavy atom. The van der Waals surface area contributed by atoms with E-state index in [1.165, 1.54) is 5.56 Å². The molecular weight excluding hydrogens is 294 g/mol. The number of nitrogens with one attached hydrogen (secondary N) is 1. The molecule has 5 heteroatoms. The van der Waals surface area contributed by atoms with Crippen LogP contribution in [0.1, 0.15) is 36.2 Å². The van der Waals surface area contributed by atoms with Crippen molar-refractivity contribution >= 4 is 17.7 Å². The van der Waals surface area contributed by atoms with Crippen LogP contribution in [-0.2, 0) is 4.79 Å². The highest BCUT2D eigenvalue weighted by atomic mass is 32.2. The fourth-order valence-electron chi connectivity index (χ4n) is 2.48. The molecule has 1 aromatic carbocycles. The van der Waals surface area contributed by atoms with Gasteiger partial charge in [-0.15, -0.1) is 0 Å². The van der Waals surface area contributed by atoms with Gasteiger partial charge in [0.25, 0.3) is 0 Å². The van der Waals surface area contributed by atoms with Gasteiger partial charge < -0.3 is 5.32 Å². The number of aryl methyl sites for hydroxylation is 1. The van der Waals surface area contributed by atoms with Gasteiger partial charge in [0.15, 0.2) is 0 Å². The number of thioether (sulfide) groups is 1. The zero-order valence-corrected chi connectivity index (χ0v) is 14.4. The number of amides is 1. The molecule has 1 atom stereocenters. The lowest BCUT2D eigenvalue weighted by molar-refractivity contribution is -0.121. The van der Waals surface area contributed by atoms with E-state index in [1.54, 1.807) is 11.8 Å². The number of carbonyl (C=O) groups excluding carboxylic acids is 1. The van der Waals surface area contributed by atoms with Gasteiger partial charge in [0, 0.05) is 23.4 Å². The molecular formula is C17H23N3OS. The lowest BCUT2D eigenvalue weighted by Crippen LogP contribution is -2.27. The number of benzene rings is 1. The number of nitrogens with zero attached hydrogens (tertiary/aromatic N) is 2. The summed E-state index contributed by atoms with van der Waals surface area (Å²) in [5, 5.41) is 7.54. The lowest BCUT2D eigenvalue weighted by atomic mass is 10.1. The molecule has 1 aromatic heterocycles. The predicted molar refractivity (Wildman–Crippen MR) is 92.6 cm³/mol. The van der Waals surface area contributed by atoms with Gasteiger partial charge in [-0.2, -0.15) is 16.9 Å². The van der Waals surface area contributed by atoms with Gasteiger partial charge in [0.1, 0.15) is 0 Å². The molecule has 1 heterocycles. The normalized spacial score (nSPS) is 12.2. The minimum atomic E-state index is -0.0351. The first kappa shape index (κ1) is 16.6. The van der Waals surface area contributed by atoms with Crippen molar-refractivity contribution in [2.75, 3.05) is 12.0 Å². The van der Waals surface area contributed by atoms with Crippen LogP contribution in [0.3, 0.4) is 0 Å². The monoisotopic (exact) mass is 317 g/mol. The Bertz CT molecular complexity index is 651. The third-order valence-electron chi connectivity index (χ3n) is 3.77. The second kappa shape index (κ2) is 7.49. The van der Waals surface area contributed by atoms with Crippen molar-refractivity contribution in [3.63, 3.8) is 0 Å². The van der Waals surface area contributed by atoms with Gasteiger partial charge in [-0.05, 0) is 38.7 Å². The van der Waals surface area contributed by atoms with E-state index >= 15 is 0 Å². The second-order valence-electron chi connectivity index (χ2n) is 5.42. The van der Waals surface area contributed by atoms with Gasteiger partial charge in [-0.1, -0.05) is 18.2 Å². The summed E-state index contributed by atoms with van der Waals surface area (Å²) in [7, 11) is 0. The van der Waals surface area contributed by atoms with Crippen LogP contribution in [0.15, 0.2) is 30.5 Å². The number of carbonyl (C=O) groups is 1. The number of hydrogen-bond donors (Lipinski definition) is 1. The van der Waals surface area contributed by atoms with Crippen LogP contribution in [0.5, 0.6) is 0 Å². The Balaban J connectivity index is 2.17. The average Bonchev–Trinajstić information content (AvgIpc) is 2.87. The summed E-state index contributed by atoms with van der Waals surface area (Å²) in [6, 6.07) is 8.13. The molecule has 1 N–H and O–H groups in total. The van der Waals surface area contributed by atoms with E-state index in [9.17, 15) is 4.79 Å². The summed E-state index contributed by atoms with van der Waals surface area (Å²) in [6.07, 6.45) is 4.41. The van der Waals surface area contributed by atoms with E-state index in [1.807, 2.05) is 43.1 Å². The molecule has 2 rings (SSSR count). The van der Waals surface area contributed by atoms with Crippen LogP contribution < -0.4 is 5.32 Å². The van der Waals surface area contributed by atoms with Gasteiger partial charge in [0.05, 0.1) is 17.9 Å². The Morgan fingerprint density at radius 2 is 2.09 bits per heavy atom. The first-order valence-corrected chi connectivity index (χ1v) is 8.82. The number of rotatable bonds is 6. The van der Waals surface area contributed by atoms with E-state index < -0.39 is 0 Å². The van der Waals surface area contributed by atoms with Crippen LogP contribution in [0.25, 0.3) is 5.69 Å². The Labute approximate surface area is 136 Å². The average molecular weight is 317 g/mol. The van der Waals surface area contributed by atoms with Crippen molar-refractivity contribution in [2.45, 2.75) is 33.2 Å². The maximum absolute atomic E-state index is 11.9. The molecule has 0 unspecified atom stereocenters. The van der Waals surface area contributed by atoms with E-state index in [0.717, 1.165) is 22.7 Å². The van der Waals surface area contributed by atoms with E-state index in [0.29, 0.717) is 6.42 Å². The molecule has 0 spiro atoms. The molecule has 0 radical (unpaired) electrons. The van der Waals surface area contributed by atoms with Crippen molar-refractivity contribution in [1.29, 1.82) is 0 Å². The molecule has 0 bridgehead atoms. The Morgan fingerprint density at radius 3 is 2.77 bits per heavy atom. The van der Waals surface area contributed by atoms with Gasteiger partial charge in [0.2, 0.25) is 5.91 Å². The summed E-state index contributed by atoms with van der Waals surface area (Å²) >= 11 is 1.68. The van der Waals surface area contributed by atoms with Gasteiger partial charge >= 0.3 is 0 Å². The molecule has 2 aromatic rings. The number of aromatic nitrogens is 2. The summed E-state index contributed by atoms with van der Waals surface area (Å²) in [5.41, 5.74) is 4.37. The largest absolute Gasteiger partial charge is 0.349 e. The SMILES string of the molecule is CSCCC(=O)N[C@H](C)c1cnn(-c2ccccc2C)c1C. The molecule has 118 valence electrons.